The third-order valence-electron chi connectivity index (χ3n) is 3.74. The molecule has 1 aromatic rings. The van der Waals surface area contributed by atoms with Crippen LogP contribution in [0.3, 0.4) is 0 Å². The quantitative estimate of drug-likeness (QED) is 0.888. The summed E-state index contributed by atoms with van der Waals surface area (Å²) in [5.41, 5.74) is 5.96. The maximum atomic E-state index is 12.3. The summed E-state index contributed by atoms with van der Waals surface area (Å²) in [7, 11) is 0. The number of nitrogens with two attached hydrogens (primary N) is 1. The van der Waals surface area contributed by atoms with Crippen LogP contribution in [0.1, 0.15) is 32.6 Å². The zero-order valence-electron chi connectivity index (χ0n) is 11.3. The van der Waals surface area contributed by atoms with Gasteiger partial charge in [0.15, 0.2) is 0 Å². The molecular weight excluding hydrogens is 242 g/mol. The van der Waals surface area contributed by atoms with E-state index in [-0.39, 0.29) is 18.0 Å². The summed E-state index contributed by atoms with van der Waals surface area (Å²) in [6.07, 6.45) is 6.05. The Labute approximate surface area is 113 Å². The van der Waals surface area contributed by atoms with Gasteiger partial charge in [-0.1, -0.05) is 12.8 Å². The lowest BCUT2D eigenvalue weighted by molar-refractivity contribution is -0.133. The lowest BCUT2D eigenvalue weighted by atomic mass is 10.2. The Balaban J connectivity index is 2.10. The van der Waals surface area contributed by atoms with Crippen LogP contribution in [-0.2, 0) is 11.3 Å². The molecule has 0 atom stereocenters. The third-order valence-corrected chi connectivity index (χ3v) is 3.74. The van der Waals surface area contributed by atoms with Crippen LogP contribution in [0.15, 0.2) is 23.1 Å². The molecule has 104 valence electrons. The number of rotatable bonds is 4. The van der Waals surface area contributed by atoms with E-state index >= 15 is 0 Å². The van der Waals surface area contributed by atoms with E-state index in [2.05, 4.69) is 0 Å². The predicted molar refractivity (Wildman–Crippen MR) is 74.8 cm³/mol. The molecule has 1 saturated carbocycles. The van der Waals surface area contributed by atoms with Crippen molar-refractivity contribution in [3.63, 3.8) is 0 Å². The minimum atomic E-state index is -0.190. The number of nitrogen functional groups attached to an aromatic ring is 1. The molecule has 1 amide bonds. The van der Waals surface area contributed by atoms with Crippen molar-refractivity contribution in [3.8, 4) is 0 Å². The first-order chi connectivity index (χ1) is 9.11. The van der Waals surface area contributed by atoms with E-state index in [4.69, 9.17) is 5.73 Å². The number of hydrogen-bond acceptors (Lipinski definition) is 3. The molecule has 0 unspecified atom stereocenters. The van der Waals surface area contributed by atoms with Crippen molar-refractivity contribution in [1.29, 1.82) is 0 Å². The minimum Gasteiger partial charge on any atom is -0.398 e. The molecule has 0 bridgehead atoms. The highest BCUT2D eigenvalue weighted by molar-refractivity contribution is 5.76. The lowest BCUT2D eigenvalue weighted by Gasteiger charge is -2.28. The average molecular weight is 263 g/mol. The normalized spacial score (nSPS) is 15.6. The minimum absolute atomic E-state index is 0.00194. The fourth-order valence-corrected chi connectivity index (χ4v) is 2.76. The smallest absolute Gasteiger partial charge is 0.251 e. The van der Waals surface area contributed by atoms with Gasteiger partial charge < -0.3 is 15.2 Å². The Bertz CT molecular complexity index is 504. The van der Waals surface area contributed by atoms with Crippen molar-refractivity contribution in [2.75, 3.05) is 12.3 Å². The monoisotopic (exact) mass is 263 g/mol. The Kier molecular flexibility index (Phi) is 4.24. The Morgan fingerprint density at radius 1 is 1.42 bits per heavy atom. The molecule has 1 fully saturated rings. The number of anilines is 1. The number of carbonyl (C=O) groups is 1. The zero-order chi connectivity index (χ0) is 13.8. The summed E-state index contributed by atoms with van der Waals surface area (Å²) in [5.74, 6) is 0.00194. The highest BCUT2D eigenvalue weighted by Crippen LogP contribution is 2.23. The highest BCUT2D eigenvalue weighted by atomic mass is 16.2. The molecule has 19 heavy (non-hydrogen) atoms. The van der Waals surface area contributed by atoms with E-state index < -0.39 is 0 Å². The molecule has 1 aromatic heterocycles. The van der Waals surface area contributed by atoms with Crippen LogP contribution in [0, 0.1) is 0 Å². The van der Waals surface area contributed by atoms with Crippen LogP contribution in [0.5, 0.6) is 0 Å². The number of pyridine rings is 1. The first-order valence-corrected chi connectivity index (χ1v) is 6.87. The molecule has 0 radical (unpaired) electrons. The van der Waals surface area contributed by atoms with Crippen molar-refractivity contribution in [2.45, 2.75) is 45.2 Å². The first kappa shape index (κ1) is 13.6. The van der Waals surface area contributed by atoms with Crippen LogP contribution in [0.2, 0.25) is 0 Å². The molecule has 0 aliphatic heterocycles. The molecule has 2 rings (SSSR count). The summed E-state index contributed by atoms with van der Waals surface area (Å²) in [6, 6.07) is 3.29. The largest absolute Gasteiger partial charge is 0.398 e. The van der Waals surface area contributed by atoms with Crippen LogP contribution in [0.25, 0.3) is 0 Å². The van der Waals surface area contributed by atoms with Gasteiger partial charge >= 0.3 is 0 Å². The van der Waals surface area contributed by atoms with Crippen LogP contribution in [0.4, 0.5) is 5.69 Å². The van der Waals surface area contributed by atoms with E-state index in [1.54, 1.807) is 6.07 Å². The summed E-state index contributed by atoms with van der Waals surface area (Å²) in [5, 5.41) is 0. The number of amides is 1. The molecule has 1 aliphatic carbocycles. The van der Waals surface area contributed by atoms with Crippen molar-refractivity contribution < 1.29 is 4.79 Å². The van der Waals surface area contributed by atoms with Crippen LogP contribution in [-0.4, -0.2) is 28.0 Å². The summed E-state index contributed by atoms with van der Waals surface area (Å²) >= 11 is 0. The van der Waals surface area contributed by atoms with E-state index in [9.17, 15) is 9.59 Å². The Hall–Kier alpha value is -1.78. The van der Waals surface area contributed by atoms with Gasteiger partial charge in [-0.3, -0.25) is 9.59 Å². The Morgan fingerprint density at radius 3 is 2.74 bits per heavy atom. The fraction of sp³-hybridized carbons (Fsp3) is 0.571. The average Bonchev–Trinajstić information content (AvgIpc) is 2.88. The van der Waals surface area contributed by atoms with Crippen molar-refractivity contribution in [2.24, 2.45) is 0 Å². The Morgan fingerprint density at radius 2 is 2.11 bits per heavy atom. The van der Waals surface area contributed by atoms with Crippen molar-refractivity contribution in [3.05, 3.63) is 28.7 Å². The number of aromatic nitrogens is 1. The molecule has 0 spiro atoms. The first-order valence-electron chi connectivity index (χ1n) is 6.87. The van der Waals surface area contributed by atoms with E-state index in [1.807, 2.05) is 11.8 Å². The van der Waals surface area contributed by atoms with Gasteiger partial charge in [-0.05, 0) is 25.8 Å². The van der Waals surface area contributed by atoms with E-state index in [0.717, 1.165) is 12.8 Å². The van der Waals surface area contributed by atoms with Gasteiger partial charge in [-0.15, -0.1) is 0 Å². The molecule has 2 N–H and O–H groups in total. The topological polar surface area (TPSA) is 68.3 Å². The maximum absolute atomic E-state index is 12.3. The number of nitrogens with zero attached hydrogens (tertiary/aromatic N) is 2. The van der Waals surface area contributed by atoms with E-state index in [1.165, 1.54) is 29.7 Å². The van der Waals surface area contributed by atoms with Gasteiger partial charge in [0.05, 0.1) is 0 Å². The molecule has 5 nitrogen and oxygen atoms in total. The standard InChI is InChI=1S/C14H21N3O2/c1-2-17(12-5-3-4-6-12)14(19)10-16-9-11(15)7-8-13(16)18/h7-9,12H,2-6,10,15H2,1H3. The van der Waals surface area contributed by atoms with E-state index in [0.29, 0.717) is 18.3 Å². The predicted octanol–water partition coefficient (Wildman–Crippen LogP) is 1.22. The third kappa shape index (κ3) is 3.16. The lowest BCUT2D eigenvalue weighted by Crippen LogP contribution is -2.41. The molecular formula is C14H21N3O2. The van der Waals surface area contributed by atoms with Crippen molar-refractivity contribution in [1.82, 2.24) is 9.47 Å². The second kappa shape index (κ2) is 5.91. The molecule has 5 heteroatoms. The van der Waals surface area contributed by atoms with Crippen LogP contribution < -0.4 is 11.3 Å². The second-order valence-corrected chi connectivity index (χ2v) is 5.05. The SMILES string of the molecule is CCN(C(=O)Cn1cc(N)ccc1=O)C1CCCC1. The van der Waals surface area contributed by atoms with Gasteiger partial charge in [-0.25, -0.2) is 0 Å². The van der Waals surface area contributed by atoms with Crippen LogP contribution >= 0.6 is 0 Å². The molecule has 1 aliphatic rings. The maximum Gasteiger partial charge on any atom is 0.251 e. The summed E-state index contributed by atoms with van der Waals surface area (Å²) in [4.78, 5) is 25.9. The van der Waals surface area contributed by atoms with Gasteiger partial charge in [0.2, 0.25) is 5.91 Å². The van der Waals surface area contributed by atoms with Gasteiger partial charge in [0.1, 0.15) is 6.54 Å². The highest BCUT2D eigenvalue weighted by Gasteiger charge is 2.25. The molecule has 0 aromatic carbocycles. The summed E-state index contributed by atoms with van der Waals surface area (Å²) < 4.78 is 1.38. The number of hydrogen-bond donors (Lipinski definition) is 1. The van der Waals surface area contributed by atoms with Gasteiger partial charge in [0, 0.05) is 30.5 Å². The summed E-state index contributed by atoms with van der Waals surface area (Å²) in [6.45, 7) is 2.76. The number of carbonyl (C=O) groups excluding carboxylic acids is 1. The van der Waals surface area contributed by atoms with Gasteiger partial charge in [-0.2, -0.15) is 0 Å². The van der Waals surface area contributed by atoms with Crippen molar-refractivity contribution >= 4 is 11.6 Å². The van der Waals surface area contributed by atoms with Gasteiger partial charge in [0.25, 0.3) is 5.56 Å². The zero-order valence-corrected chi connectivity index (χ0v) is 11.3. The fourth-order valence-electron chi connectivity index (χ4n) is 2.76. The second-order valence-electron chi connectivity index (χ2n) is 5.05. The molecule has 1 heterocycles. The molecule has 0 saturated heterocycles. The number of likely N-dealkylation sites (N-methyl/N-ethyl adjacent to an activating group) is 1.